The second-order valence-corrected chi connectivity index (χ2v) is 9.34. The Hall–Kier alpha value is -3.76. The maximum absolute atomic E-state index is 12.7. The molecule has 0 saturated carbocycles. The molecule has 3 rings (SSSR count). The molecule has 0 saturated heterocycles. The fourth-order valence-corrected chi connectivity index (χ4v) is 4.28. The molecule has 3 aromatic rings. The number of rotatable bonds is 12. The summed E-state index contributed by atoms with van der Waals surface area (Å²) in [5.41, 5.74) is 8.62. The fourth-order valence-electron chi connectivity index (χ4n) is 3.21. The fraction of sp³-hybridized carbons (Fsp3) is 0.240. The van der Waals surface area contributed by atoms with Crippen molar-refractivity contribution in [1.29, 1.82) is 0 Å². The third-order valence-electron chi connectivity index (χ3n) is 5.09. The van der Waals surface area contributed by atoms with Crippen molar-refractivity contribution < 1.29 is 27.4 Å². The van der Waals surface area contributed by atoms with Crippen molar-refractivity contribution in [3.05, 3.63) is 77.9 Å². The smallest absolute Gasteiger partial charge is 0.262 e. The van der Waals surface area contributed by atoms with Crippen molar-refractivity contribution in [3.8, 4) is 11.5 Å². The first-order valence-corrected chi connectivity index (χ1v) is 12.3. The Labute approximate surface area is 205 Å². The van der Waals surface area contributed by atoms with Gasteiger partial charge in [0.1, 0.15) is 6.61 Å². The minimum absolute atomic E-state index is 0.0404. The zero-order chi connectivity index (χ0) is 25.3. The van der Waals surface area contributed by atoms with Crippen molar-refractivity contribution in [2.75, 3.05) is 37.8 Å². The zero-order valence-corrected chi connectivity index (χ0v) is 20.4. The van der Waals surface area contributed by atoms with Crippen molar-refractivity contribution in [2.24, 2.45) is 0 Å². The lowest BCUT2D eigenvalue weighted by molar-refractivity contribution is -0.126. The molecule has 1 amide bonds. The van der Waals surface area contributed by atoms with E-state index in [0.29, 0.717) is 42.4 Å². The second kappa shape index (κ2) is 12.1. The molecule has 186 valence electrons. The maximum Gasteiger partial charge on any atom is 0.262 e. The van der Waals surface area contributed by atoms with Gasteiger partial charge in [-0.25, -0.2) is 8.42 Å². The number of ether oxygens (including phenoxy) is 3. The number of nitrogen functional groups attached to an aromatic ring is 1. The highest BCUT2D eigenvalue weighted by Gasteiger charge is 2.17. The number of methoxy groups -OCH3 is 2. The Morgan fingerprint density at radius 2 is 1.54 bits per heavy atom. The van der Waals surface area contributed by atoms with Crippen molar-refractivity contribution in [3.63, 3.8) is 0 Å². The summed E-state index contributed by atoms with van der Waals surface area (Å²) < 4.78 is 43.7. The summed E-state index contributed by atoms with van der Waals surface area (Å²) in [4.78, 5) is 12.0. The Kier molecular flexibility index (Phi) is 8.93. The highest BCUT2D eigenvalue weighted by atomic mass is 32.2. The number of nitrogens with two attached hydrogens (primary N) is 1. The van der Waals surface area contributed by atoms with E-state index in [-0.39, 0.29) is 17.4 Å². The van der Waals surface area contributed by atoms with E-state index >= 15 is 0 Å². The SMILES string of the molecule is COc1ccc(S(=O)(=O)Nc2ccc(CCNC(=O)COCc3ccc(N)cc3)cc2)cc1OC. The molecule has 0 fully saturated rings. The summed E-state index contributed by atoms with van der Waals surface area (Å²) in [6, 6.07) is 18.6. The van der Waals surface area contributed by atoms with Gasteiger partial charge < -0.3 is 25.3 Å². The van der Waals surface area contributed by atoms with Gasteiger partial charge in [0.2, 0.25) is 5.91 Å². The molecule has 0 aromatic heterocycles. The van der Waals surface area contributed by atoms with Crippen LogP contribution in [0.3, 0.4) is 0 Å². The maximum atomic E-state index is 12.7. The molecule has 0 unspecified atom stereocenters. The van der Waals surface area contributed by atoms with Gasteiger partial charge in [-0.1, -0.05) is 24.3 Å². The number of nitrogens with one attached hydrogen (secondary N) is 2. The zero-order valence-electron chi connectivity index (χ0n) is 19.6. The number of anilines is 2. The predicted molar refractivity (Wildman–Crippen MR) is 134 cm³/mol. The molecule has 9 nitrogen and oxygen atoms in total. The standard InChI is InChI=1S/C25H29N3O6S/c1-32-23-12-11-22(15-24(23)33-2)35(30,31)28-21-9-5-18(6-10-21)13-14-27-25(29)17-34-16-19-3-7-20(26)8-4-19/h3-12,15,28H,13-14,16-17,26H2,1-2H3,(H,27,29). The van der Waals surface area contributed by atoms with Crippen LogP contribution in [0.1, 0.15) is 11.1 Å². The molecule has 0 heterocycles. The van der Waals surface area contributed by atoms with Gasteiger partial charge in [-0.2, -0.15) is 0 Å². The monoisotopic (exact) mass is 499 g/mol. The second-order valence-electron chi connectivity index (χ2n) is 7.65. The van der Waals surface area contributed by atoms with E-state index in [9.17, 15) is 13.2 Å². The van der Waals surface area contributed by atoms with Gasteiger partial charge in [-0.3, -0.25) is 9.52 Å². The molecule has 35 heavy (non-hydrogen) atoms. The summed E-state index contributed by atoms with van der Waals surface area (Å²) in [5.74, 6) is 0.555. The van der Waals surface area contributed by atoms with Gasteiger partial charge in [0.05, 0.1) is 25.7 Å². The largest absolute Gasteiger partial charge is 0.493 e. The third-order valence-corrected chi connectivity index (χ3v) is 6.47. The van der Waals surface area contributed by atoms with Crippen LogP contribution in [0, 0.1) is 0 Å². The Balaban J connectivity index is 1.45. The number of carbonyl (C=O) groups excluding carboxylic acids is 1. The number of sulfonamides is 1. The molecule has 4 N–H and O–H groups in total. The lowest BCUT2D eigenvalue weighted by Gasteiger charge is -2.12. The molecule has 0 bridgehead atoms. The van der Waals surface area contributed by atoms with Crippen LogP contribution in [0.2, 0.25) is 0 Å². The molecule has 0 aliphatic heterocycles. The Morgan fingerprint density at radius 1 is 0.886 bits per heavy atom. The van der Waals surface area contributed by atoms with Crippen molar-refractivity contribution >= 4 is 27.3 Å². The first-order chi connectivity index (χ1) is 16.8. The van der Waals surface area contributed by atoms with Crippen LogP contribution in [0.15, 0.2) is 71.6 Å². The van der Waals surface area contributed by atoms with E-state index in [1.807, 2.05) is 12.1 Å². The van der Waals surface area contributed by atoms with E-state index in [0.717, 1.165) is 11.1 Å². The first kappa shape index (κ1) is 25.9. The number of benzene rings is 3. The van der Waals surface area contributed by atoms with Crippen LogP contribution < -0.4 is 25.2 Å². The van der Waals surface area contributed by atoms with Gasteiger partial charge in [-0.15, -0.1) is 0 Å². The molecular weight excluding hydrogens is 470 g/mol. The highest BCUT2D eigenvalue weighted by Crippen LogP contribution is 2.30. The van der Waals surface area contributed by atoms with E-state index < -0.39 is 10.0 Å². The molecule has 0 aliphatic rings. The van der Waals surface area contributed by atoms with Crippen molar-refractivity contribution in [2.45, 2.75) is 17.9 Å². The number of amides is 1. The van der Waals surface area contributed by atoms with Crippen LogP contribution in [-0.4, -0.2) is 41.7 Å². The summed E-state index contributed by atoms with van der Waals surface area (Å²) in [5, 5.41) is 2.80. The van der Waals surface area contributed by atoms with E-state index in [1.54, 1.807) is 36.4 Å². The van der Waals surface area contributed by atoms with Crippen molar-refractivity contribution in [1.82, 2.24) is 5.32 Å². The summed E-state index contributed by atoms with van der Waals surface area (Å²) >= 11 is 0. The average Bonchev–Trinajstić information content (AvgIpc) is 2.85. The lowest BCUT2D eigenvalue weighted by Crippen LogP contribution is -2.29. The quantitative estimate of drug-likeness (QED) is 0.327. The average molecular weight is 500 g/mol. The topological polar surface area (TPSA) is 129 Å². The number of hydrogen-bond acceptors (Lipinski definition) is 7. The third kappa shape index (κ3) is 7.62. The van der Waals surface area contributed by atoms with Gasteiger partial charge in [0.15, 0.2) is 11.5 Å². The highest BCUT2D eigenvalue weighted by molar-refractivity contribution is 7.92. The molecule has 0 radical (unpaired) electrons. The van der Waals surface area contributed by atoms with E-state index in [2.05, 4.69) is 10.0 Å². The van der Waals surface area contributed by atoms with Gasteiger partial charge in [0, 0.05) is 24.0 Å². The number of hydrogen-bond donors (Lipinski definition) is 3. The van der Waals surface area contributed by atoms with Gasteiger partial charge in [-0.05, 0) is 53.9 Å². The van der Waals surface area contributed by atoms with Crippen LogP contribution in [0.5, 0.6) is 11.5 Å². The molecular formula is C25H29N3O6S. The van der Waals surface area contributed by atoms with Crippen LogP contribution in [-0.2, 0) is 32.6 Å². The van der Waals surface area contributed by atoms with E-state index in [4.69, 9.17) is 19.9 Å². The van der Waals surface area contributed by atoms with Crippen LogP contribution in [0.25, 0.3) is 0 Å². The Bertz CT molecular complexity index is 1230. The normalized spacial score (nSPS) is 11.0. The predicted octanol–water partition coefficient (Wildman–Crippen LogP) is 2.96. The van der Waals surface area contributed by atoms with Crippen LogP contribution in [0.4, 0.5) is 11.4 Å². The molecule has 0 aliphatic carbocycles. The minimum Gasteiger partial charge on any atom is -0.493 e. The van der Waals surface area contributed by atoms with Gasteiger partial charge >= 0.3 is 0 Å². The lowest BCUT2D eigenvalue weighted by atomic mass is 10.1. The number of carbonyl (C=O) groups is 1. The van der Waals surface area contributed by atoms with Crippen LogP contribution >= 0.6 is 0 Å². The Morgan fingerprint density at radius 3 is 2.20 bits per heavy atom. The van der Waals surface area contributed by atoms with E-state index in [1.165, 1.54) is 32.4 Å². The summed E-state index contributed by atoms with van der Waals surface area (Å²) in [6.45, 7) is 0.719. The molecule has 3 aromatic carbocycles. The minimum atomic E-state index is -3.81. The molecule has 0 atom stereocenters. The van der Waals surface area contributed by atoms with Gasteiger partial charge in [0.25, 0.3) is 10.0 Å². The molecule has 10 heteroatoms. The first-order valence-electron chi connectivity index (χ1n) is 10.8. The summed E-state index contributed by atoms with van der Waals surface area (Å²) in [7, 11) is -0.883. The molecule has 0 spiro atoms. The summed E-state index contributed by atoms with van der Waals surface area (Å²) in [6.07, 6.45) is 0.590.